The molecule has 1 fully saturated rings. The molecule has 3 heterocycles. The van der Waals surface area contributed by atoms with Crippen LogP contribution in [-0.4, -0.2) is 32.2 Å². The number of nitrogens with one attached hydrogen (secondary N) is 2. The fraction of sp³-hybridized carbons (Fsp3) is 0.318. The van der Waals surface area contributed by atoms with Gasteiger partial charge in [0.25, 0.3) is 5.91 Å². The summed E-state index contributed by atoms with van der Waals surface area (Å²) >= 11 is 7.95. The SMILES string of the molecule is Cc1sc(NC(=O)c2ccco2)c(C(c2cccc(Cl)c2)[NH+]2CCOCC2)c1C. The molecule has 3 aromatic rings. The van der Waals surface area contributed by atoms with E-state index < -0.39 is 0 Å². The second kappa shape index (κ2) is 8.71. The zero-order chi connectivity index (χ0) is 20.4. The first kappa shape index (κ1) is 20.2. The molecule has 29 heavy (non-hydrogen) atoms. The molecule has 5 nitrogen and oxygen atoms in total. The first-order chi connectivity index (χ1) is 14.0. The predicted octanol–water partition coefficient (Wildman–Crippen LogP) is 3.87. The van der Waals surface area contributed by atoms with Gasteiger partial charge in [-0.15, -0.1) is 11.3 Å². The van der Waals surface area contributed by atoms with Crippen LogP contribution in [0.25, 0.3) is 0 Å². The van der Waals surface area contributed by atoms with Gasteiger partial charge in [0.15, 0.2) is 5.76 Å². The Bertz CT molecular complexity index is 994. The molecule has 1 saturated heterocycles. The van der Waals surface area contributed by atoms with E-state index >= 15 is 0 Å². The number of anilines is 1. The average molecular weight is 432 g/mol. The Hall–Kier alpha value is -2.12. The second-order valence-corrected chi connectivity index (χ2v) is 8.88. The van der Waals surface area contributed by atoms with Crippen molar-refractivity contribution in [3.63, 3.8) is 0 Å². The lowest BCUT2D eigenvalue weighted by atomic mass is 9.94. The molecule has 2 N–H and O–H groups in total. The van der Waals surface area contributed by atoms with Crippen LogP contribution in [0.5, 0.6) is 0 Å². The van der Waals surface area contributed by atoms with Gasteiger partial charge in [-0.1, -0.05) is 23.7 Å². The van der Waals surface area contributed by atoms with Crippen molar-refractivity contribution in [3.05, 3.63) is 75.0 Å². The van der Waals surface area contributed by atoms with Crippen molar-refractivity contribution in [1.82, 2.24) is 0 Å². The zero-order valence-electron chi connectivity index (χ0n) is 16.5. The number of halogens is 1. The molecule has 0 spiro atoms. The lowest BCUT2D eigenvalue weighted by molar-refractivity contribution is -0.933. The molecule has 1 unspecified atom stereocenters. The number of carbonyl (C=O) groups is 1. The Morgan fingerprint density at radius 3 is 2.69 bits per heavy atom. The summed E-state index contributed by atoms with van der Waals surface area (Å²) in [4.78, 5) is 15.3. The topological polar surface area (TPSA) is 55.9 Å². The highest BCUT2D eigenvalue weighted by Crippen LogP contribution is 2.39. The van der Waals surface area contributed by atoms with Gasteiger partial charge < -0.3 is 19.4 Å². The van der Waals surface area contributed by atoms with Gasteiger partial charge in [-0.2, -0.15) is 0 Å². The molecular formula is C22H24ClN2O3S+. The van der Waals surface area contributed by atoms with E-state index in [4.69, 9.17) is 20.8 Å². The maximum atomic E-state index is 12.7. The number of ether oxygens (including phenoxy) is 1. The van der Waals surface area contributed by atoms with Crippen LogP contribution in [0.4, 0.5) is 5.00 Å². The predicted molar refractivity (Wildman–Crippen MR) is 115 cm³/mol. The third-order valence-electron chi connectivity index (χ3n) is 5.42. The van der Waals surface area contributed by atoms with Crippen molar-refractivity contribution in [2.45, 2.75) is 19.9 Å². The molecular weight excluding hydrogens is 408 g/mol. The van der Waals surface area contributed by atoms with Gasteiger partial charge in [-0.3, -0.25) is 4.79 Å². The Balaban J connectivity index is 1.78. The summed E-state index contributed by atoms with van der Waals surface area (Å²) in [5.74, 6) is 0.0667. The molecule has 0 aliphatic carbocycles. The monoisotopic (exact) mass is 431 g/mol. The van der Waals surface area contributed by atoms with Gasteiger partial charge in [0.1, 0.15) is 24.1 Å². The molecule has 1 aliphatic heterocycles. The summed E-state index contributed by atoms with van der Waals surface area (Å²) in [6.45, 7) is 7.47. The highest BCUT2D eigenvalue weighted by Gasteiger charge is 2.34. The van der Waals surface area contributed by atoms with E-state index in [0.29, 0.717) is 10.8 Å². The first-order valence-electron chi connectivity index (χ1n) is 9.67. The molecule has 1 atom stereocenters. The number of hydrogen-bond acceptors (Lipinski definition) is 4. The molecule has 1 aliphatic rings. The van der Waals surface area contributed by atoms with Crippen molar-refractivity contribution in [1.29, 1.82) is 0 Å². The van der Waals surface area contributed by atoms with Crippen LogP contribution in [0.15, 0.2) is 47.1 Å². The molecule has 2 aromatic heterocycles. The molecule has 0 saturated carbocycles. The Morgan fingerprint density at radius 2 is 2.00 bits per heavy atom. The maximum Gasteiger partial charge on any atom is 0.291 e. The second-order valence-electron chi connectivity index (χ2n) is 7.22. The van der Waals surface area contributed by atoms with Crippen molar-refractivity contribution < 1.29 is 18.8 Å². The molecule has 7 heteroatoms. The lowest BCUT2D eigenvalue weighted by Gasteiger charge is -2.32. The molecule has 1 aromatic carbocycles. The fourth-order valence-electron chi connectivity index (χ4n) is 3.87. The zero-order valence-corrected chi connectivity index (χ0v) is 18.0. The number of benzene rings is 1. The third-order valence-corrected chi connectivity index (χ3v) is 6.79. The van der Waals surface area contributed by atoms with Crippen LogP contribution in [0, 0.1) is 13.8 Å². The van der Waals surface area contributed by atoms with Crippen molar-refractivity contribution in [3.8, 4) is 0 Å². The van der Waals surface area contributed by atoms with E-state index in [2.05, 4.69) is 25.2 Å². The summed E-state index contributed by atoms with van der Waals surface area (Å²) in [6.07, 6.45) is 1.51. The minimum Gasteiger partial charge on any atom is -0.459 e. The summed E-state index contributed by atoms with van der Waals surface area (Å²) in [5, 5.41) is 4.67. The minimum atomic E-state index is -0.237. The third kappa shape index (κ3) is 4.26. The number of hydrogen-bond donors (Lipinski definition) is 2. The smallest absolute Gasteiger partial charge is 0.291 e. The number of furan rings is 1. The number of amides is 1. The Labute approximate surface area is 179 Å². The summed E-state index contributed by atoms with van der Waals surface area (Å²) in [6, 6.07) is 11.5. The fourth-order valence-corrected chi connectivity index (χ4v) is 5.16. The van der Waals surface area contributed by atoms with Gasteiger partial charge >= 0.3 is 0 Å². The molecule has 0 radical (unpaired) electrons. The number of aryl methyl sites for hydroxylation is 1. The quantitative estimate of drug-likeness (QED) is 0.644. The van der Waals surface area contributed by atoms with Gasteiger partial charge in [0.2, 0.25) is 0 Å². The largest absolute Gasteiger partial charge is 0.459 e. The number of thiophene rings is 1. The highest BCUT2D eigenvalue weighted by molar-refractivity contribution is 7.16. The standard InChI is InChI=1S/C22H23ClN2O3S/c1-14-15(2)29-22(24-21(26)18-7-4-10-28-18)19(14)20(25-8-11-27-12-9-25)16-5-3-6-17(23)13-16/h3-7,10,13,20H,8-9,11-12H2,1-2H3,(H,24,26)/p+1. The van der Waals surface area contributed by atoms with E-state index in [1.54, 1.807) is 23.5 Å². The maximum absolute atomic E-state index is 12.7. The van der Waals surface area contributed by atoms with Crippen LogP contribution in [0.2, 0.25) is 5.02 Å². The van der Waals surface area contributed by atoms with Crippen LogP contribution in [0.1, 0.15) is 38.2 Å². The van der Waals surface area contributed by atoms with E-state index in [1.807, 2.05) is 18.2 Å². The normalized spacial score (nSPS) is 16.0. The van der Waals surface area contributed by atoms with Gasteiger partial charge in [-0.05, 0) is 43.7 Å². The summed E-state index contributed by atoms with van der Waals surface area (Å²) in [7, 11) is 0. The van der Waals surface area contributed by atoms with Crippen LogP contribution in [0.3, 0.4) is 0 Å². The summed E-state index contributed by atoms with van der Waals surface area (Å²) < 4.78 is 10.9. The summed E-state index contributed by atoms with van der Waals surface area (Å²) in [5.41, 5.74) is 3.49. The Morgan fingerprint density at radius 1 is 1.21 bits per heavy atom. The van der Waals surface area contributed by atoms with E-state index in [0.717, 1.165) is 42.4 Å². The van der Waals surface area contributed by atoms with E-state index in [9.17, 15) is 4.79 Å². The molecule has 152 valence electrons. The number of quaternary nitrogens is 1. The van der Waals surface area contributed by atoms with Crippen LogP contribution < -0.4 is 10.2 Å². The van der Waals surface area contributed by atoms with Crippen LogP contribution in [-0.2, 0) is 4.74 Å². The number of morpholine rings is 1. The van der Waals surface area contributed by atoms with E-state index in [1.165, 1.54) is 21.6 Å². The lowest BCUT2D eigenvalue weighted by Crippen LogP contribution is -3.14. The van der Waals surface area contributed by atoms with Crippen molar-refractivity contribution >= 4 is 33.8 Å². The molecule has 4 rings (SSSR count). The number of rotatable bonds is 5. The highest BCUT2D eigenvalue weighted by atomic mass is 35.5. The molecule has 1 amide bonds. The average Bonchev–Trinajstić information content (AvgIpc) is 3.34. The van der Waals surface area contributed by atoms with Crippen molar-refractivity contribution in [2.24, 2.45) is 0 Å². The minimum absolute atomic E-state index is 0.0643. The Kier molecular flexibility index (Phi) is 6.06. The molecule has 0 bridgehead atoms. The van der Waals surface area contributed by atoms with Crippen molar-refractivity contribution in [2.75, 3.05) is 31.6 Å². The van der Waals surface area contributed by atoms with Gasteiger partial charge in [0, 0.05) is 15.5 Å². The van der Waals surface area contributed by atoms with E-state index in [-0.39, 0.29) is 11.9 Å². The van der Waals surface area contributed by atoms with Gasteiger partial charge in [-0.25, -0.2) is 0 Å². The first-order valence-corrected chi connectivity index (χ1v) is 10.9. The van der Waals surface area contributed by atoms with Gasteiger partial charge in [0.05, 0.1) is 25.0 Å². The number of carbonyl (C=O) groups excluding carboxylic acids is 1. The van der Waals surface area contributed by atoms with Crippen LogP contribution >= 0.6 is 22.9 Å².